The molecule has 2 N–H and O–H groups in total. The van der Waals surface area contributed by atoms with E-state index < -0.39 is 11.2 Å². The number of halogens is 1. The van der Waals surface area contributed by atoms with Gasteiger partial charge in [0, 0.05) is 18.4 Å². The maximum atomic E-state index is 13.5. The lowest BCUT2D eigenvalue weighted by molar-refractivity contribution is -0.126. The molecule has 0 aliphatic heterocycles. The van der Waals surface area contributed by atoms with Crippen LogP contribution in [0.3, 0.4) is 0 Å². The number of carbonyl (C=O) groups is 1. The Kier molecular flexibility index (Phi) is 4.84. The number of ketones is 1. The van der Waals surface area contributed by atoms with Crippen LogP contribution >= 0.6 is 0 Å². The number of rotatable bonds is 6. The fourth-order valence-electron chi connectivity index (χ4n) is 1.67. The van der Waals surface area contributed by atoms with E-state index in [4.69, 9.17) is 10.5 Å². The van der Waals surface area contributed by atoms with Crippen LogP contribution in [0.5, 0.6) is 5.75 Å². The molecule has 18 heavy (non-hydrogen) atoms. The van der Waals surface area contributed by atoms with Gasteiger partial charge in [0.25, 0.3) is 0 Å². The molecule has 0 aromatic heterocycles. The van der Waals surface area contributed by atoms with Crippen molar-refractivity contribution in [1.29, 1.82) is 0 Å². The number of nitrogens with two attached hydrogens (primary N) is 1. The minimum atomic E-state index is -0.531. The molecule has 1 aromatic rings. The van der Waals surface area contributed by atoms with E-state index in [1.54, 1.807) is 6.07 Å². The highest BCUT2D eigenvalue weighted by Crippen LogP contribution is 2.24. The predicted octanol–water partition coefficient (Wildman–Crippen LogP) is 2.32. The number of Topliss-reactive ketones (excluding diaryl/α,β-unsaturated/α-hetero) is 1. The Morgan fingerprint density at radius 2 is 2.17 bits per heavy atom. The van der Waals surface area contributed by atoms with Gasteiger partial charge < -0.3 is 10.5 Å². The van der Waals surface area contributed by atoms with Crippen molar-refractivity contribution in [2.45, 2.75) is 26.7 Å². The van der Waals surface area contributed by atoms with E-state index in [0.29, 0.717) is 18.5 Å². The van der Waals surface area contributed by atoms with Gasteiger partial charge in [-0.15, -0.1) is 0 Å². The van der Waals surface area contributed by atoms with Crippen LogP contribution < -0.4 is 10.5 Å². The molecular weight excluding hydrogens is 233 g/mol. The molecule has 0 spiro atoms. The molecule has 0 saturated heterocycles. The van der Waals surface area contributed by atoms with Crippen LogP contribution in [0.4, 0.5) is 4.39 Å². The van der Waals surface area contributed by atoms with E-state index in [0.717, 1.165) is 0 Å². The summed E-state index contributed by atoms with van der Waals surface area (Å²) < 4.78 is 18.3. The molecule has 0 bridgehead atoms. The van der Waals surface area contributed by atoms with Crippen molar-refractivity contribution in [3.63, 3.8) is 0 Å². The minimum absolute atomic E-state index is 0.0390. The standard InChI is InChI=1S/C14H20FNO2/c1-4-14(2,9-16)13(17)8-10-5-6-12(18-3)11(15)7-10/h5-7H,4,8-9,16H2,1-3H3. The van der Waals surface area contributed by atoms with Crippen molar-refractivity contribution < 1.29 is 13.9 Å². The number of methoxy groups -OCH3 is 1. The molecule has 3 nitrogen and oxygen atoms in total. The normalized spacial score (nSPS) is 14.1. The second-order valence-electron chi connectivity index (χ2n) is 4.69. The van der Waals surface area contributed by atoms with Gasteiger partial charge in [0.15, 0.2) is 11.6 Å². The van der Waals surface area contributed by atoms with E-state index in [1.165, 1.54) is 19.2 Å². The largest absolute Gasteiger partial charge is 0.494 e. The van der Waals surface area contributed by atoms with E-state index in [9.17, 15) is 9.18 Å². The second-order valence-corrected chi connectivity index (χ2v) is 4.69. The van der Waals surface area contributed by atoms with Gasteiger partial charge in [0.05, 0.1) is 7.11 Å². The highest BCUT2D eigenvalue weighted by Gasteiger charge is 2.29. The molecule has 100 valence electrons. The van der Waals surface area contributed by atoms with E-state index in [1.807, 2.05) is 13.8 Å². The minimum Gasteiger partial charge on any atom is -0.494 e. The molecule has 4 heteroatoms. The fraction of sp³-hybridized carbons (Fsp3) is 0.500. The average Bonchev–Trinajstić information content (AvgIpc) is 2.38. The highest BCUT2D eigenvalue weighted by molar-refractivity contribution is 5.86. The molecule has 1 aromatic carbocycles. The summed E-state index contributed by atoms with van der Waals surface area (Å²) in [6.07, 6.45) is 0.878. The highest BCUT2D eigenvalue weighted by atomic mass is 19.1. The molecule has 1 unspecified atom stereocenters. The van der Waals surface area contributed by atoms with Crippen LogP contribution in [0.1, 0.15) is 25.8 Å². The van der Waals surface area contributed by atoms with Crippen LogP contribution in [0.2, 0.25) is 0 Å². The van der Waals surface area contributed by atoms with Gasteiger partial charge in [0.1, 0.15) is 5.78 Å². The third-order valence-corrected chi connectivity index (χ3v) is 3.48. The van der Waals surface area contributed by atoms with Crippen LogP contribution in [0, 0.1) is 11.2 Å². The smallest absolute Gasteiger partial charge is 0.165 e. The van der Waals surface area contributed by atoms with E-state index >= 15 is 0 Å². The van der Waals surface area contributed by atoms with Gasteiger partial charge in [-0.25, -0.2) is 4.39 Å². The number of benzene rings is 1. The summed E-state index contributed by atoms with van der Waals surface area (Å²) in [6.45, 7) is 4.08. The number of ether oxygens (including phenoxy) is 1. The monoisotopic (exact) mass is 253 g/mol. The van der Waals surface area contributed by atoms with Gasteiger partial charge in [-0.05, 0) is 24.1 Å². The van der Waals surface area contributed by atoms with Crippen LogP contribution in [-0.4, -0.2) is 19.4 Å². The van der Waals surface area contributed by atoms with Gasteiger partial charge in [-0.3, -0.25) is 4.79 Å². The maximum absolute atomic E-state index is 13.5. The number of hydrogen-bond donors (Lipinski definition) is 1. The summed E-state index contributed by atoms with van der Waals surface area (Å²) in [6, 6.07) is 4.57. The van der Waals surface area contributed by atoms with Crippen molar-refractivity contribution in [2.75, 3.05) is 13.7 Å². The molecule has 0 heterocycles. The van der Waals surface area contributed by atoms with Crippen LogP contribution in [0.15, 0.2) is 18.2 Å². The molecule has 0 fully saturated rings. The zero-order chi connectivity index (χ0) is 13.8. The van der Waals surface area contributed by atoms with Crippen LogP contribution in [-0.2, 0) is 11.2 Å². The van der Waals surface area contributed by atoms with Gasteiger partial charge in [-0.2, -0.15) is 0 Å². The lowest BCUT2D eigenvalue weighted by atomic mass is 9.80. The van der Waals surface area contributed by atoms with Gasteiger partial charge in [0.2, 0.25) is 0 Å². The molecule has 0 amide bonds. The Morgan fingerprint density at radius 1 is 1.50 bits per heavy atom. The third-order valence-electron chi connectivity index (χ3n) is 3.48. The summed E-state index contributed by atoms with van der Waals surface area (Å²) in [5, 5.41) is 0. The molecule has 0 aliphatic rings. The van der Waals surface area contributed by atoms with E-state index in [-0.39, 0.29) is 18.0 Å². The summed E-state index contributed by atoms with van der Waals surface area (Å²) in [4.78, 5) is 12.1. The lowest BCUT2D eigenvalue weighted by Crippen LogP contribution is -2.36. The molecule has 0 aliphatic carbocycles. The second kappa shape index (κ2) is 5.96. The quantitative estimate of drug-likeness (QED) is 0.846. The Labute approximate surface area is 107 Å². The molecule has 0 saturated carbocycles. The molecule has 1 rings (SSSR count). The third kappa shape index (κ3) is 3.07. The maximum Gasteiger partial charge on any atom is 0.165 e. The first-order valence-electron chi connectivity index (χ1n) is 6.02. The van der Waals surface area contributed by atoms with Crippen molar-refractivity contribution in [3.8, 4) is 5.75 Å². The Bertz CT molecular complexity index is 428. The zero-order valence-corrected chi connectivity index (χ0v) is 11.1. The molecular formula is C14H20FNO2. The fourth-order valence-corrected chi connectivity index (χ4v) is 1.67. The van der Waals surface area contributed by atoms with Crippen molar-refractivity contribution in [1.82, 2.24) is 0 Å². The van der Waals surface area contributed by atoms with Gasteiger partial charge in [-0.1, -0.05) is 19.9 Å². The SMILES string of the molecule is CCC(C)(CN)C(=O)Cc1ccc(OC)c(F)c1. The summed E-state index contributed by atoms with van der Waals surface area (Å²) in [5.41, 5.74) is 5.75. The Hall–Kier alpha value is -1.42. The first kappa shape index (κ1) is 14.6. The summed E-state index contributed by atoms with van der Waals surface area (Å²) in [5.74, 6) is -0.228. The molecule has 0 radical (unpaired) electrons. The van der Waals surface area contributed by atoms with E-state index in [2.05, 4.69) is 0 Å². The number of carbonyl (C=O) groups excluding carboxylic acids is 1. The summed E-state index contributed by atoms with van der Waals surface area (Å²) in [7, 11) is 1.41. The number of hydrogen-bond acceptors (Lipinski definition) is 3. The van der Waals surface area contributed by atoms with Crippen molar-refractivity contribution >= 4 is 5.78 Å². The summed E-state index contributed by atoms with van der Waals surface area (Å²) >= 11 is 0. The topological polar surface area (TPSA) is 52.3 Å². The lowest BCUT2D eigenvalue weighted by Gasteiger charge is -2.24. The Balaban J connectivity index is 2.85. The zero-order valence-electron chi connectivity index (χ0n) is 11.1. The first-order valence-corrected chi connectivity index (χ1v) is 6.02. The van der Waals surface area contributed by atoms with Crippen molar-refractivity contribution in [2.24, 2.45) is 11.1 Å². The first-order chi connectivity index (χ1) is 8.46. The van der Waals surface area contributed by atoms with Crippen molar-refractivity contribution in [3.05, 3.63) is 29.6 Å². The molecule has 1 atom stereocenters. The predicted molar refractivity (Wildman–Crippen MR) is 69.1 cm³/mol. The van der Waals surface area contributed by atoms with Gasteiger partial charge >= 0.3 is 0 Å². The average molecular weight is 253 g/mol. The van der Waals surface area contributed by atoms with Crippen LogP contribution in [0.25, 0.3) is 0 Å². The Morgan fingerprint density at radius 3 is 2.61 bits per heavy atom.